The minimum atomic E-state index is -0.691. The Kier molecular flexibility index (Phi) is 27.0. The molecule has 6 heterocycles. The molecule has 23 rings (SSSR count). The molecule has 15 aliphatic carbocycles. The molecule has 0 aliphatic heterocycles. The first-order valence-corrected chi connectivity index (χ1v) is 56.2. The van der Waals surface area contributed by atoms with Crippen LogP contribution in [0.4, 0.5) is 33.5 Å². The van der Waals surface area contributed by atoms with E-state index in [9.17, 15) is 23.9 Å². The molecular formula is C129H183FN14O6. The van der Waals surface area contributed by atoms with E-state index in [1.165, 1.54) is 91.7 Å². The quantitative estimate of drug-likeness (QED) is 0.0442. The largest absolute Gasteiger partial charge is 0.481 e. The molecule has 2 aromatic carbocycles. The summed E-state index contributed by atoms with van der Waals surface area (Å²) in [4.78, 5) is 61.1. The topological polar surface area (TPSA) is 299 Å². The first-order valence-electron chi connectivity index (χ1n) is 56.2. The summed E-state index contributed by atoms with van der Waals surface area (Å²) in [6.07, 6.45) is 32.0. The number of ether oxygens (including phenoxy) is 2. The van der Waals surface area contributed by atoms with Gasteiger partial charge in [0.05, 0.1) is 16.2 Å². The van der Waals surface area contributed by atoms with Crippen molar-refractivity contribution in [2.45, 2.75) is 370 Å². The lowest BCUT2D eigenvalue weighted by Crippen LogP contribution is -2.65. The van der Waals surface area contributed by atoms with Crippen molar-refractivity contribution in [2.24, 2.45) is 134 Å². The second-order valence-electron chi connectivity index (χ2n) is 56.7. The molecule has 3 unspecified atom stereocenters. The van der Waals surface area contributed by atoms with Crippen molar-refractivity contribution in [1.29, 1.82) is 0 Å². The molecular weight excluding hydrogens is 1860 g/mol. The third-order valence-electron chi connectivity index (χ3n) is 46.7. The van der Waals surface area contributed by atoms with E-state index in [1.54, 1.807) is 11.8 Å². The number of nitrogens with zero attached hydrogens (tertiary/aromatic N) is 8. The van der Waals surface area contributed by atoms with E-state index in [0.29, 0.717) is 59.6 Å². The Bertz CT molecular complexity index is 6600. The molecule has 150 heavy (non-hydrogen) atoms. The number of aliphatic carboxylic acids is 1. The molecule has 6 aromatic heterocycles. The number of anilines is 5. The van der Waals surface area contributed by atoms with Gasteiger partial charge in [-0.1, -0.05) is 245 Å². The van der Waals surface area contributed by atoms with Crippen LogP contribution in [-0.4, -0.2) is 96.7 Å². The number of nitrogens with one attached hydrogen (secondary N) is 3. The number of aromatic nitrogens is 9. The average Bonchev–Trinajstić information content (AvgIpc) is 0.695. The van der Waals surface area contributed by atoms with Crippen molar-refractivity contribution in [3.63, 3.8) is 0 Å². The molecule has 10 N–H and O–H groups in total. The van der Waals surface area contributed by atoms with E-state index in [4.69, 9.17) is 36.6 Å². The number of hydrogen-bond donors (Lipinski definition) is 7. The van der Waals surface area contributed by atoms with Crippen LogP contribution in [0.25, 0.3) is 16.7 Å². The summed E-state index contributed by atoms with van der Waals surface area (Å²) in [5.41, 5.74) is 39.1. The maximum atomic E-state index is 14.8. The van der Waals surface area contributed by atoms with Gasteiger partial charge in [0.25, 0.3) is 0 Å². The molecule has 21 atom stereocenters. The lowest BCUT2D eigenvalue weighted by Gasteiger charge is -2.71. The Labute approximate surface area is 897 Å². The van der Waals surface area contributed by atoms with Crippen molar-refractivity contribution in [2.75, 3.05) is 55.2 Å². The molecule has 0 spiro atoms. The van der Waals surface area contributed by atoms with E-state index < -0.39 is 28.2 Å². The number of allylic oxidation sites excluding steroid dienone is 6. The van der Waals surface area contributed by atoms with Crippen LogP contribution in [0, 0.1) is 140 Å². The fourth-order valence-electron chi connectivity index (χ4n) is 38.3. The van der Waals surface area contributed by atoms with Crippen LogP contribution in [-0.2, 0) is 72.6 Å². The molecule has 8 aromatic rings. The summed E-state index contributed by atoms with van der Waals surface area (Å²) in [6, 6.07) is 32.5. The van der Waals surface area contributed by atoms with Crippen molar-refractivity contribution in [1.82, 2.24) is 45.5 Å². The number of benzene rings is 2. The van der Waals surface area contributed by atoms with Crippen molar-refractivity contribution in [3.05, 3.63) is 200 Å². The number of esters is 2. The molecule has 20 nitrogen and oxygen atoms in total. The zero-order valence-corrected chi connectivity index (χ0v) is 93.3. The molecule has 0 saturated heterocycles. The van der Waals surface area contributed by atoms with Crippen molar-refractivity contribution >= 4 is 63.7 Å². The van der Waals surface area contributed by atoms with Gasteiger partial charge in [-0.25, -0.2) is 15.0 Å². The molecule has 15 aliphatic rings. The highest BCUT2D eigenvalue weighted by molar-refractivity contribution is 5.85. The van der Waals surface area contributed by atoms with E-state index in [0.717, 1.165) is 189 Å². The molecule has 21 heteroatoms. The Hall–Kier alpha value is -9.92. The van der Waals surface area contributed by atoms with Gasteiger partial charge in [-0.15, -0.1) is 0 Å². The SMILES string of the molecule is C.C.C.CC1(C)CC[C@]2(C(=O)OCc3ccccc3)CC[C@]3(C)C(=C(c4ccc(F)nc4)CC4[C@@]5(C)Cc6c(N)n[nH]c6C(C)(C)[C@@H]5CC[C@]43C)[C@@H]2C1.CN(C)c1ccc(C2=C3[C@@H]4CC(C)(C)CC[C@]4(C(=O)O)CC[C@@]3(C)[C@]3(C)CC[C@H]4C(C)(C)c5[nH]nc(N)c5C[C@]4(C)C3C2)cn1.CN(C)c1ccc(C2=C3[C@@H]4CC(C)(C)CC[C@]4(C(=O)OCc4ccccc4)CC[C@@]3(C)[C@]3(C)CC[C@H]4C(C)(C)c5[nH]nc(N)c5C[C@]4(C)C3C2)cn1. The summed E-state index contributed by atoms with van der Waals surface area (Å²) in [6.45, 7) is 52.5. The number of carbonyl (C=O) groups excluding carboxylic acids is 2. The number of hydrogen-bond acceptors (Lipinski definition) is 16. The Morgan fingerprint density at radius 3 is 0.947 bits per heavy atom. The lowest BCUT2D eigenvalue weighted by molar-refractivity contribution is -0.181. The molecule has 812 valence electrons. The fourth-order valence-corrected chi connectivity index (χ4v) is 38.3. The molecule has 0 radical (unpaired) electrons. The summed E-state index contributed by atoms with van der Waals surface area (Å²) in [5, 5.41) is 34.7. The minimum absolute atomic E-state index is 0. The van der Waals surface area contributed by atoms with Crippen LogP contribution in [0.2, 0.25) is 0 Å². The highest BCUT2D eigenvalue weighted by Gasteiger charge is 2.76. The number of aromatic amines is 3. The van der Waals surface area contributed by atoms with Crippen molar-refractivity contribution < 1.29 is 33.4 Å². The number of carbonyl (C=O) groups is 3. The summed E-state index contributed by atoms with van der Waals surface area (Å²) >= 11 is 0. The van der Waals surface area contributed by atoms with Gasteiger partial charge in [0.2, 0.25) is 5.95 Å². The normalized spacial score (nSPS) is 36.5. The van der Waals surface area contributed by atoms with Gasteiger partial charge in [0, 0.05) is 96.8 Å². The monoisotopic (exact) mass is 2040 g/mol. The predicted molar refractivity (Wildman–Crippen MR) is 605 cm³/mol. The molecule has 9 saturated carbocycles. The number of carboxylic acids is 1. The van der Waals surface area contributed by atoms with Crippen LogP contribution in [0.3, 0.4) is 0 Å². The van der Waals surface area contributed by atoms with Gasteiger partial charge < -0.3 is 41.6 Å². The van der Waals surface area contributed by atoms with E-state index in [1.807, 2.05) is 73.6 Å². The van der Waals surface area contributed by atoms with Crippen molar-refractivity contribution in [3.8, 4) is 0 Å². The van der Waals surface area contributed by atoms with Gasteiger partial charge >= 0.3 is 17.9 Å². The smallest absolute Gasteiger partial charge is 0.313 e. The molecule has 0 amide bonds. The number of H-pyrrole nitrogens is 3. The highest BCUT2D eigenvalue weighted by Crippen LogP contribution is 2.83. The van der Waals surface area contributed by atoms with Gasteiger partial charge in [0.1, 0.15) is 42.3 Å². The fraction of sp³-hybridized carbons (Fsp3) is 0.651. The van der Waals surface area contributed by atoms with Crippen LogP contribution in [0.1, 0.15) is 383 Å². The minimum Gasteiger partial charge on any atom is -0.481 e. The number of rotatable bonds is 12. The number of fused-ring (bicyclic) bond motifs is 24. The van der Waals surface area contributed by atoms with E-state index in [2.05, 4.69) is 249 Å². The summed E-state index contributed by atoms with van der Waals surface area (Å²) in [5.74, 6) is 5.55. The lowest BCUT2D eigenvalue weighted by atomic mass is 9.33. The molecule has 9 fully saturated rings. The van der Waals surface area contributed by atoms with Crippen LogP contribution < -0.4 is 27.0 Å². The number of pyridine rings is 3. The number of nitrogens with two attached hydrogens (primary N) is 3. The van der Waals surface area contributed by atoms with Gasteiger partial charge in [-0.05, 0) is 373 Å². The maximum absolute atomic E-state index is 14.8. The summed E-state index contributed by atoms with van der Waals surface area (Å²) < 4.78 is 27.1. The van der Waals surface area contributed by atoms with Gasteiger partial charge in [0.15, 0.2) is 0 Å². The van der Waals surface area contributed by atoms with E-state index in [-0.39, 0.29) is 140 Å². The molecule has 0 bridgehead atoms. The van der Waals surface area contributed by atoms with Crippen LogP contribution >= 0.6 is 0 Å². The highest BCUT2D eigenvalue weighted by atomic mass is 19.1. The number of carboxylic acid groups (broad SMARTS) is 1. The van der Waals surface area contributed by atoms with Gasteiger partial charge in [-0.2, -0.15) is 19.7 Å². The Morgan fingerprint density at radius 1 is 0.373 bits per heavy atom. The second kappa shape index (κ2) is 36.9. The zero-order chi connectivity index (χ0) is 105. The first-order chi connectivity index (χ1) is 68.9. The third-order valence-corrected chi connectivity index (χ3v) is 46.7. The van der Waals surface area contributed by atoms with Crippen LogP contribution in [0.15, 0.2) is 132 Å². The van der Waals surface area contributed by atoms with Crippen LogP contribution in [0.5, 0.6) is 0 Å². The predicted octanol–water partition coefficient (Wildman–Crippen LogP) is 28.9. The Balaban J connectivity index is 0.000000146. The second-order valence-corrected chi connectivity index (χ2v) is 56.7. The number of halogens is 1. The zero-order valence-electron chi connectivity index (χ0n) is 93.3. The Morgan fingerprint density at radius 2 is 0.660 bits per heavy atom. The maximum Gasteiger partial charge on any atom is 0.313 e. The standard InChI is InChI=1S/C45H61N5O2.C43H55FN4O2.C38H55N5O2.3CH4/c1-40(2)19-21-45(39(51)52-27-28-13-11-10-12-14-28)22-20-44(7)36(32(45)25-40)30(29-15-16-35(47-26-29)50(8)9)23-34-42(5)24-31-37(48-49-38(31)46)41(3,4)33(42)17-18-43(34,44)6;1-38(2)17-19-43(37(49)50-25-26-11-9-8-10-12-26)20-18-42(7)34(30(43)23-38)28(27-13-14-33(44)46-24-27)21-32-40(5)22-29-35(47-48-36(29)45)39(3,4)31(40)15-16-41(32,42)6;1-33(2)14-16-38(32(44)45)17-15-37(7)29(25(38)20-33)23(22-10-11-28(40-21-22)43(8)9)18-27-35(5)19-24-30(41-42-31(24)39)34(3,4)26(35)12-13-36(27,37)6;;;/h10-16,26,32-34H,17-25,27H2,1-9H3,(H3,46,48,49);8-14,24,30-32H,15-23,25H2,1-7H3,(H3,45,47,48);10-11,21,25-27H,12-20H2,1-9H3,(H,44,45)(H3,39,41,42);3*1H4/t32-,33-,34?,42-,43+,44+,45-;30-,31-,32?,40-,41+,42+,43-;25-,26-,27?,35-,36+,37+,38-;;;/m000.../s1. The third kappa shape index (κ3) is 16.0. The average molecular weight is 2040 g/mol. The van der Waals surface area contributed by atoms with Gasteiger partial charge in [-0.3, -0.25) is 29.7 Å². The number of nitrogen functional groups attached to an aromatic ring is 3. The summed E-state index contributed by atoms with van der Waals surface area (Å²) in [7, 11) is 8.17. The van der Waals surface area contributed by atoms with E-state index >= 15 is 0 Å². The first kappa shape index (κ1) is 110.